The van der Waals surface area contributed by atoms with Crippen molar-refractivity contribution in [1.82, 2.24) is 15.3 Å². The third-order valence-electron chi connectivity index (χ3n) is 3.49. The number of ether oxygens (including phenoxy) is 1. The van der Waals surface area contributed by atoms with Crippen molar-refractivity contribution in [1.29, 1.82) is 0 Å². The molecule has 1 aromatic heterocycles. The van der Waals surface area contributed by atoms with Gasteiger partial charge >= 0.3 is 6.09 Å². The fraction of sp³-hybridized carbons (Fsp3) is 0.688. The fourth-order valence-electron chi connectivity index (χ4n) is 2.66. The summed E-state index contributed by atoms with van der Waals surface area (Å²) in [7, 11) is 0. The predicted octanol–water partition coefficient (Wildman–Crippen LogP) is 2.59. The van der Waals surface area contributed by atoms with Crippen molar-refractivity contribution in [3.05, 3.63) is 17.5 Å². The molecule has 0 spiro atoms. The SMILES string of the molecule is Cc1cc(C)nc(N2CCC[C@@H]2CNC(=O)OC(C)(C)C)n1. The third kappa shape index (κ3) is 4.58. The van der Waals surface area contributed by atoms with Crippen LogP contribution in [0.4, 0.5) is 10.7 Å². The Bertz CT molecular complexity index is 519. The summed E-state index contributed by atoms with van der Waals surface area (Å²) in [6, 6.07) is 2.18. The van der Waals surface area contributed by atoms with E-state index in [1.54, 1.807) is 0 Å². The number of aryl methyl sites for hydroxylation is 2. The minimum atomic E-state index is -0.476. The lowest BCUT2D eigenvalue weighted by molar-refractivity contribution is 0.0525. The molecule has 0 saturated carbocycles. The number of anilines is 1. The highest BCUT2D eigenvalue weighted by molar-refractivity contribution is 5.67. The van der Waals surface area contributed by atoms with Crippen LogP contribution in [0.3, 0.4) is 0 Å². The van der Waals surface area contributed by atoms with Gasteiger partial charge in [0.1, 0.15) is 5.60 Å². The fourth-order valence-corrected chi connectivity index (χ4v) is 2.66. The van der Waals surface area contributed by atoms with E-state index < -0.39 is 5.60 Å². The van der Waals surface area contributed by atoms with Crippen LogP contribution in [0.15, 0.2) is 6.07 Å². The topological polar surface area (TPSA) is 67.4 Å². The van der Waals surface area contributed by atoms with Gasteiger partial charge < -0.3 is 15.0 Å². The van der Waals surface area contributed by atoms with Gasteiger partial charge in [-0.25, -0.2) is 14.8 Å². The van der Waals surface area contributed by atoms with E-state index in [-0.39, 0.29) is 12.1 Å². The first-order valence-electron chi connectivity index (χ1n) is 7.80. The molecule has 1 aliphatic rings. The number of rotatable bonds is 3. The number of nitrogens with one attached hydrogen (secondary N) is 1. The van der Waals surface area contributed by atoms with Crippen molar-refractivity contribution < 1.29 is 9.53 Å². The smallest absolute Gasteiger partial charge is 0.407 e. The Morgan fingerprint density at radius 1 is 1.36 bits per heavy atom. The Morgan fingerprint density at radius 2 is 2.00 bits per heavy atom. The van der Waals surface area contributed by atoms with Crippen LogP contribution in [0, 0.1) is 13.8 Å². The summed E-state index contributed by atoms with van der Waals surface area (Å²) in [5.74, 6) is 0.756. The molecule has 0 radical (unpaired) electrons. The van der Waals surface area contributed by atoms with Gasteiger partial charge in [0.25, 0.3) is 0 Å². The van der Waals surface area contributed by atoms with E-state index in [9.17, 15) is 4.79 Å². The number of aromatic nitrogens is 2. The molecule has 2 rings (SSSR count). The van der Waals surface area contributed by atoms with Gasteiger partial charge in [-0.2, -0.15) is 0 Å². The average molecular weight is 306 g/mol. The number of hydrogen-bond acceptors (Lipinski definition) is 5. The largest absolute Gasteiger partial charge is 0.444 e. The van der Waals surface area contributed by atoms with Crippen LogP contribution in [0.2, 0.25) is 0 Å². The number of nitrogens with zero attached hydrogens (tertiary/aromatic N) is 3. The zero-order chi connectivity index (χ0) is 16.3. The Morgan fingerprint density at radius 3 is 2.59 bits per heavy atom. The van der Waals surface area contributed by atoms with Gasteiger partial charge in [0.2, 0.25) is 5.95 Å². The van der Waals surface area contributed by atoms with Crippen LogP contribution < -0.4 is 10.2 Å². The van der Waals surface area contributed by atoms with Crippen molar-refractivity contribution in [3.8, 4) is 0 Å². The maximum Gasteiger partial charge on any atom is 0.407 e. The maximum absolute atomic E-state index is 11.8. The molecule has 1 amide bonds. The quantitative estimate of drug-likeness (QED) is 0.929. The molecule has 122 valence electrons. The van der Waals surface area contributed by atoms with Gasteiger partial charge in [-0.3, -0.25) is 0 Å². The van der Waals surface area contributed by atoms with Crippen LogP contribution in [-0.2, 0) is 4.74 Å². The van der Waals surface area contributed by atoms with E-state index in [2.05, 4.69) is 20.2 Å². The summed E-state index contributed by atoms with van der Waals surface area (Å²) in [6.45, 7) is 11.0. The second kappa shape index (κ2) is 6.50. The lowest BCUT2D eigenvalue weighted by atomic mass is 10.2. The summed E-state index contributed by atoms with van der Waals surface area (Å²) >= 11 is 0. The molecule has 6 nitrogen and oxygen atoms in total. The van der Waals surface area contributed by atoms with Crippen LogP contribution in [0.25, 0.3) is 0 Å². The Kier molecular flexibility index (Phi) is 4.88. The summed E-state index contributed by atoms with van der Waals surface area (Å²) in [6.07, 6.45) is 1.73. The second-order valence-electron chi connectivity index (χ2n) is 6.82. The first kappa shape index (κ1) is 16.5. The molecule has 0 unspecified atom stereocenters. The standard InChI is InChI=1S/C16H26N4O2/c1-11-9-12(2)19-14(18-11)20-8-6-7-13(20)10-17-15(21)22-16(3,4)5/h9,13H,6-8,10H2,1-5H3,(H,17,21)/t13-/m1/s1. The van der Waals surface area contributed by atoms with Gasteiger partial charge in [0, 0.05) is 30.5 Å². The van der Waals surface area contributed by atoms with Gasteiger partial charge in [-0.15, -0.1) is 0 Å². The molecule has 1 fully saturated rings. The lowest BCUT2D eigenvalue weighted by Gasteiger charge is -2.26. The second-order valence-corrected chi connectivity index (χ2v) is 6.82. The summed E-state index contributed by atoms with van der Waals surface area (Å²) in [4.78, 5) is 23.0. The number of amides is 1. The van der Waals surface area contributed by atoms with Crippen molar-refractivity contribution in [2.45, 2.75) is 59.1 Å². The first-order chi connectivity index (χ1) is 10.2. The van der Waals surface area contributed by atoms with E-state index in [4.69, 9.17) is 4.74 Å². The zero-order valence-electron chi connectivity index (χ0n) is 14.1. The normalized spacial score (nSPS) is 18.4. The van der Waals surface area contributed by atoms with Crippen molar-refractivity contribution >= 4 is 12.0 Å². The first-order valence-corrected chi connectivity index (χ1v) is 7.80. The van der Waals surface area contributed by atoms with Crippen molar-refractivity contribution in [2.75, 3.05) is 18.0 Å². The third-order valence-corrected chi connectivity index (χ3v) is 3.49. The van der Waals surface area contributed by atoms with Gasteiger partial charge in [0.15, 0.2) is 0 Å². The molecule has 0 aromatic carbocycles. The predicted molar refractivity (Wildman–Crippen MR) is 86.1 cm³/mol. The minimum absolute atomic E-state index is 0.216. The molecule has 1 aromatic rings. The summed E-state index contributed by atoms with van der Waals surface area (Å²) in [5, 5.41) is 2.85. The number of carbonyl (C=O) groups excluding carboxylic acids is 1. The molecule has 6 heteroatoms. The van der Waals surface area contributed by atoms with Crippen molar-refractivity contribution in [3.63, 3.8) is 0 Å². The Labute approximate surface area is 132 Å². The van der Waals surface area contributed by atoms with Gasteiger partial charge in [0.05, 0.1) is 0 Å². The van der Waals surface area contributed by atoms with E-state index in [1.807, 2.05) is 40.7 Å². The monoisotopic (exact) mass is 306 g/mol. The van der Waals surface area contributed by atoms with Gasteiger partial charge in [-0.1, -0.05) is 0 Å². The summed E-state index contributed by atoms with van der Waals surface area (Å²) < 4.78 is 5.28. The lowest BCUT2D eigenvalue weighted by Crippen LogP contribution is -2.42. The molecule has 22 heavy (non-hydrogen) atoms. The molecular weight excluding hydrogens is 280 g/mol. The zero-order valence-corrected chi connectivity index (χ0v) is 14.1. The molecule has 1 aliphatic heterocycles. The molecule has 0 bridgehead atoms. The highest BCUT2D eigenvalue weighted by Gasteiger charge is 2.28. The molecule has 1 saturated heterocycles. The van der Waals surface area contributed by atoms with Crippen LogP contribution in [0.1, 0.15) is 45.0 Å². The van der Waals surface area contributed by atoms with Crippen LogP contribution in [-0.4, -0.2) is 40.8 Å². The highest BCUT2D eigenvalue weighted by atomic mass is 16.6. The molecule has 0 aliphatic carbocycles. The number of hydrogen-bond donors (Lipinski definition) is 1. The van der Waals surface area contributed by atoms with Crippen molar-refractivity contribution in [2.24, 2.45) is 0 Å². The average Bonchev–Trinajstić information content (AvgIpc) is 2.81. The van der Waals surface area contributed by atoms with Crippen LogP contribution in [0.5, 0.6) is 0 Å². The molecular formula is C16H26N4O2. The molecule has 1 atom stereocenters. The molecule has 2 heterocycles. The van der Waals surface area contributed by atoms with E-state index in [0.717, 1.165) is 36.7 Å². The summed E-state index contributed by atoms with van der Waals surface area (Å²) in [5.41, 5.74) is 1.46. The van der Waals surface area contributed by atoms with E-state index in [1.165, 1.54) is 0 Å². The highest BCUT2D eigenvalue weighted by Crippen LogP contribution is 2.22. The Balaban J connectivity index is 1.97. The Hall–Kier alpha value is -1.85. The van der Waals surface area contributed by atoms with Gasteiger partial charge in [-0.05, 0) is 53.5 Å². The molecule has 1 N–H and O–H groups in total. The van der Waals surface area contributed by atoms with E-state index in [0.29, 0.717) is 6.54 Å². The van der Waals surface area contributed by atoms with E-state index >= 15 is 0 Å². The number of carbonyl (C=O) groups is 1. The maximum atomic E-state index is 11.8. The number of alkyl carbamates (subject to hydrolysis) is 1. The minimum Gasteiger partial charge on any atom is -0.444 e. The van der Waals surface area contributed by atoms with Crippen LogP contribution >= 0.6 is 0 Å².